The molecule has 1 fully saturated rings. The van der Waals surface area contributed by atoms with Gasteiger partial charge in [0, 0.05) is 25.6 Å². The minimum absolute atomic E-state index is 0.184. The second-order valence-electron chi connectivity index (χ2n) is 4.80. The molecule has 17 heavy (non-hydrogen) atoms. The molecule has 0 saturated carbocycles. The Morgan fingerprint density at radius 1 is 1.35 bits per heavy atom. The van der Waals surface area contributed by atoms with Crippen molar-refractivity contribution >= 4 is 5.91 Å². The van der Waals surface area contributed by atoms with Gasteiger partial charge in [0.05, 0.1) is 0 Å². The summed E-state index contributed by atoms with van der Waals surface area (Å²) in [5.41, 5.74) is 4.03. The summed E-state index contributed by atoms with van der Waals surface area (Å²) in [7, 11) is 0. The largest absolute Gasteiger partial charge is 0.352 e. The third-order valence-corrected chi connectivity index (χ3v) is 3.42. The molecule has 92 valence electrons. The number of nitrogens with one attached hydrogen (secondary N) is 2. The maximum absolute atomic E-state index is 11.1. The Bertz CT molecular complexity index is 394. The number of benzene rings is 1. The molecule has 0 spiro atoms. The summed E-state index contributed by atoms with van der Waals surface area (Å²) in [6.45, 7) is 6.02. The lowest BCUT2D eigenvalue weighted by molar-refractivity contribution is -0.119. The van der Waals surface area contributed by atoms with E-state index in [2.05, 4.69) is 42.7 Å². The highest BCUT2D eigenvalue weighted by Gasteiger charge is 2.19. The third kappa shape index (κ3) is 3.07. The number of hydrogen-bond donors (Lipinski definition) is 2. The van der Waals surface area contributed by atoms with E-state index in [1.165, 1.54) is 16.7 Å². The van der Waals surface area contributed by atoms with Gasteiger partial charge >= 0.3 is 0 Å². The van der Waals surface area contributed by atoms with Crippen molar-refractivity contribution in [1.29, 1.82) is 0 Å². The van der Waals surface area contributed by atoms with Crippen LogP contribution in [0.5, 0.6) is 0 Å². The molecule has 1 aromatic carbocycles. The normalized spacial score (nSPS) is 19.4. The van der Waals surface area contributed by atoms with Gasteiger partial charge in [0.15, 0.2) is 0 Å². The summed E-state index contributed by atoms with van der Waals surface area (Å²) < 4.78 is 0. The fourth-order valence-corrected chi connectivity index (χ4v) is 2.33. The molecule has 0 aliphatic carbocycles. The molecular weight excluding hydrogens is 212 g/mol. The predicted octanol–water partition coefficient (Wildman–Crippen LogP) is 1.67. The van der Waals surface area contributed by atoms with Crippen molar-refractivity contribution in [3.8, 4) is 0 Å². The highest BCUT2D eigenvalue weighted by atomic mass is 16.1. The van der Waals surface area contributed by atoms with Gasteiger partial charge in [-0.25, -0.2) is 0 Å². The molecule has 1 amide bonds. The van der Waals surface area contributed by atoms with Crippen LogP contribution < -0.4 is 10.6 Å². The molecule has 3 heteroatoms. The molecule has 2 rings (SSSR count). The van der Waals surface area contributed by atoms with Gasteiger partial charge in [-0.3, -0.25) is 4.79 Å². The van der Waals surface area contributed by atoms with Gasteiger partial charge in [0.1, 0.15) is 0 Å². The quantitative estimate of drug-likeness (QED) is 0.829. The Morgan fingerprint density at radius 2 is 2.06 bits per heavy atom. The molecule has 0 radical (unpaired) electrons. The smallest absolute Gasteiger partial charge is 0.220 e. The van der Waals surface area contributed by atoms with Gasteiger partial charge in [-0.1, -0.05) is 18.2 Å². The highest BCUT2D eigenvalue weighted by molar-refractivity contribution is 5.78. The standard InChI is InChI=1S/C14H20N2O/c1-10-4-3-5-11(2)13(10)9-15-8-12-6-7-14(17)16-12/h3-5,12,15H,6-9H2,1-2H3,(H,16,17). The van der Waals surface area contributed by atoms with Gasteiger partial charge in [0.25, 0.3) is 0 Å². The number of hydrogen-bond acceptors (Lipinski definition) is 2. The summed E-state index contributed by atoms with van der Waals surface area (Å²) in [6.07, 6.45) is 1.63. The molecular formula is C14H20N2O. The maximum atomic E-state index is 11.1. The first-order valence-electron chi connectivity index (χ1n) is 6.22. The number of carbonyl (C=O) groups excluding carboxylic acids is 1. The van der Waals surface area contributed by atoms with Gasteiger partial charge in [-0.15, -0.1) is 0 Å². The lowest BCUT2D eigenvalue weighted by Crippen LogP contribution is -2.35. The molecule has 3 nitrogen and oxygen atoms in total. The van der Waals surface area contributed by atoms with E-state index < -0.39 is 0 Å². The van der Waals surface area contributed by atoms with Gasteiger partial charge < -0.3 is 10.6 Å². The lowest BCUT2D eigenvalue weighted by atomic mass is 10.0. The molecule has 1 aliphatic rings. The Kier molecular flexibility index (Phi) is 3.79. The lowest BCUT2D eigenvalue weighted by Gasteiger charge is -2.14. The van der Waals surface area contributed by atoms with Crippen LogP contribution in [-0.2, 0) is 11.3 Å². The first-order valence-corrected chi connectivity index (χ1v) is 6.22. The van der Waals surface area contributed by atoms with E-state index in [9.17, 15) is 4.79 Å². The second-order valence-corrected chi connectivity index (χ2v) is 4.80. The number of amides is 1. The van der Waals surface area contributed by atoms with Crippen molar-refractivity contribution in [3.63, 3.8) is 0 Å². The van der Waals surface area contributed by atoms with Crippen molar-refractivity contribution in [1.82, 2.24) is 10.6 Å². The Balaban J connectivity index is 1.84. The Morgan fingerprint density at radius 3 is 2.65 bits per heavy atom. The molecule has 0 aromatic heterocycles. The second kappa shape index (κ2) is 5.32. The fraction of sp³-hybridized carbons (Fsp3) is 0.500. The van der Waals surface area contributed by atoms with Crippen LogP contribution in [0.4, 0.5) is 0 Å². The average Bonchev–Trinajstić information content (AvgIpc) is 2.69. The zero-order valence-corrected chi connectivity index (χ0v) is 10.5. The first kappa shape index (κ1) is 12.1. The summed E-state index contributed by atoms with van der Waals surface area (Å²) in [5.74, 6) is 0.184. The van der Waals surface area contributed by atoms with E-state index in [0.29, 0.717) is 12.5 Å². The molecule has 1 aliphatic heterocycles. The first-order chi connectivity index (χ1) is 8.16. The van der Waals surface area contributed by atoms with Crippen LogP contribution in [0.1, 0.15) is 29.5 Å². The highest BCUT2D eigenvalue weighted by Crippen LogP contribution is 2.13. The average molecular weight is 232 g/mol. The van der Waals surface area contributed by atoms with Crippen molar-refractivity contribution in [2.24, 2.45) is 0 Å². The summed E-state index contributed by atoms with van der Waals surface area (Å²) in [6, 6.07) is 6.68. The molecule has 1 unspecified atom stereocenters. The van der Waals surface area contributed by atoms with Crippen molar-refractivity contribution in [2.45, 2.75) is 39.3 Å². The number of rotatable bonds is 4. The van der Waals surface area contributed by atoms with E-state index in [1.54, 1.807) is 0 Å². The van der Waals surface area contributed by atoms with Crippen molar-refractivity contribution in [2.75, 3.05) is 6.54 Å². The van der Waals surface area contributed by atoms with Crippen LogP contribution in [0.25, 0.3) is 0 Å². The zero-order chi connectivity index (χ0) is 12.3. The minimum Gasteiger partial charge on any atom is -0.352 e. The van der Waals surface area contributed by atoms with Crippen LogP contribution in [-0.4, -0.2) is 18.5 Å². The number of aryl methyl sites for hydroxylation is 2. The van der Waals surface area contributed by atoms with E-state index in [1.807, 2.05) is 0 Å². The minimum atomic E-state index is 0.184. The Hall–Kier alpha value is -1.35. The maximum Gasteiger partial charge on any atom is 0.220 e. The topological polar surface area (TPSA) is 41.1 Å². The molecule has 1 atom stereocenters. The molecule has 2 N–H and O–H groups in total. The summed E-state index contributed by atoms with van der Waals surface area (Å²) >= 11 is 0. The fourth-order valence-electron chi connectivity index (χ4n) is 2.33. The van der Waals surface area contributed by atoms with E-state index in [-0.39, 0.29) is 5.91 Å². The van der Waals surface area contributed by atoms with Crippen LogP contribution in [0, 0.1) is 13.8 Å². The SMILES string of the molecule is Cc1cccc(C)c1CNCC1CCC(=O)N1. The zero-order valence-electron chi connectivity index (χ0n) is 10.5. The summed E-state index contributed by atoms with van der Waals surface area (Å²) in [4.78, 5) is 11.1. The van der Waals surface area contributed by atoms with E-state index in [0.717, 1.165) is 19.5 Å². The van der Waals surface area contributed by atoms with Gasteiger partial charge in [-0.2, -0.15) is 0 Å². The van der Waals surface area contributed by atoms with Gasteiger partial charge in [0.2, 0.25) is 5.91 Å². The van der Waals surface area contributed by atoms with E-state index >= 15 is 0 Å². The van der Waals surface area contributed by atoms with Crippen LogP contribution >= 0.6 is 0 Å². The van der Waals surface area contributed by atoms with E-state index in [4.69, 9.17) is 0 Å². The third-order valence-electron chi connectivity index (χ3n) is 3.42. The van der Waals surface area contributed by atoms with Crippen molar-refractivity contribution in [3.05, 3.63) is 34.9 Å². The van der Waals surface area contributed by atoms with Crippen LogP contribution in [0.15, 0.2) is 18.2 Å². The van der Waals surface area contributed by atoms with Gasteiger partial charge in [-0.05, 0) is 37.0 Å². The van der Waals surface area contributed by atoms with Crippen LogP contribution in [0.2, 0.25) is 0 Å². The number of carbonyl (C=O) groups is 1. The molecule has 0 bridgehead atoms. The van der Waals surface area contributed by atoms with Crippen LogP contribution in [0.3, 0.4) is 0 Å². The monoisotopic (exact) mass is 232 g/mol. The molecule has 1 aromatic rings. The Labute approximate surface area is 103 Å². The van der Waals surface area contributed by atoms with Crippen molar-refractivity contribution < 1.29 is 4.79 Å². The predicted molar refractivity (Wildman–Crippen MR) is 68.8 cm³/mol. The summed E-state index contributed by atoms with van der Waals surface area (Å²) in [5, 5.41) is 6.40. The molecule has 1 heterocycles. The molecule has 1 saturated heterocycles.